The van der Waals surface area contributed by atoms with E-state index in [1.54, 1.807) is 0 Å². The summed E-state index contributed by atoms with van der Waals surface area (Å²) in [7, 11) is 0. The summed E-state index contributed by atoms with van der Waals surface area (Å²) in [5.41, 5.74) is 0.737. The zero-order valence-electron chi connectivity index (χ0n) is 11.2. The van der Waals surface area contributed by atoms with Crippen molar-refractivity contribution in [2.24, 2.45) is 5.41 Å². The van der Waals surface area contributed by atoms with Crippen LogP contribution in [0.25, 0.3) is 0 Å². The molecule has 0 bridgehead atoms. The van der Waals surface area contributed by atoms with Gasteiger partial charge in [0, 0.05) is 18.6 Å². The van der Waals surface area contributed by atoms with Gasteiger partial charge in [-0.15, -0.1) is 0 Å². The molecule has 0 atom stereocenters. The van der Waals surface area contributed by atoms with Crippen molar-refractivity contribution in [3.63, 3.8) is 0 Å². The van der Waals surface area contributed by atoms with E-state index in [0.29, 0.717) is 5.41 Å². The summed E-state index contributed by atoms with van der Waals surface area (Å²) >= 11 is 0. The van der Waals surface area contributed by atoms with E-state index in [0.717, 1.165) is 6.54 Å². The molecule has 1 aliphatic rings. The van der Waals surface area contributed by atoms with Gasteiger partial charge in [-0.1, -0.05) is 20.8 Å². The molecule has 0 spiro atoms. The van der Waals surface area contributed by atoms with Crippen LogP contribution in [0.3, 0.4) is 0 Å². The van der Waals surface area contributed by atoms with Crippen LogP contribution in [0.1, 0.15) is 47.5 Å². The Morgan fingerprint density at radius 1 is 1.33 bits per heavy atom. The first-order chi connectivity index (χ1) is 6.85. The quantitative estimate of drug-likeness (QED) is 0.773. The van der Waals surface area contributed by atoms with Crippen LogP contribution in [0.4, 0.5) is 0 Å². The second kappa shape index (κ2) is 4.84. The van der Waals surface area contributed by atoms with Crippen molar-refractivity contribution in [1.29, 1.82) is 0 Å². The van der Waals surface area contributed by atoms with Crippen molar-refractivity contribution in [1.82, 2.24) is 10.2 Å². The van der Waals surface area contributed by atoms with Gasteiger partial charge in [0.15, 0.2) is 0 Å². The maximum absolute atomic E-state index is 3.61. The normalized spacial score (nSPS) is 23.8. The molecule has 0 aromatic rings. The number of hydrogen-bond acceptors (Lipinski definition) is 2. The number of rotatable bonds is 3. The van der Waals surface area contributed by atoms with Crippen molar-refractivity contribution in [3.05, 3.63) is 0 Å². The van der Waals surface area contributed by atoms with Crippen LogP contribution in [-0.4, -0.2) is 36.6 Å². The molecule has 1 heterocycles. The first-order valence-corrected chi connectivity index (χ1v) is 6.32. The fourth-order valence-corrected chi connectivity index (χ4v) is 2.28. The zero-order chi connectivity index (χ0) is 11.5. The lowest BCUT2D eigenvalue weighted by atomic mass is 9.89. The Labute approximate surface area is 95.4 Å². The molecule has 1 N–H and O–H groups in total. The molecule has 0 aromatic carbocycles. The van der Waals surface area contributed by atoms with Gasteiger partial charge >= 0.3 is 0 Å². The van der Waals surface area contributed by atoms with E-state index >= 15 is 0 Å². The molecule has 1 fully saturated rings. The van der Waals surface area contributed by atoms with Gasteiger partial charge in [-0.2, -0.15) is 0 Å². The van der Waals surface area contributed by atoms with E-state index in [1.807, 2.05) is 0 Å². The molecule has 1 rings (SSSR count). The van der Waals surface area contributed by atoms with Crippen LogP contribution in [0.2, 0.25) is 0 Å². The van der Waals surface area contributed by atoms with Crippen molar-refractivity contribution < 1.29 is 0 Å². The first-order valence-electron chi connectivity index (χ1n) is 6.32. The summed E-state index contributed by atoms with van der Waals surface area (Å²) in [6.45, 7) is 16.5. The van der Waals surface area contributed by atoms with E-state index in [-0.39, 0.29) is 5.54 Å². The molecule has 0 aromatic heterocycles. The summed E-state index contributed by atoms with van der Waals surface area (Å²) < 4.78 is 0. The third-order valence-electron chi connectivity index (χ3n) is 3.48. The Morgan fingerprint density at radius 2 is 2.00 bits per heavy atom. The van der Waals surface area contributed by atoms with E-state index in [1.165, 1.54) is 32.5 Å². The van der Waals surface area contributed by atoms with Gasteiger partial charge in [-0.05, 0) is 45.2 Å². The molecule has 2 heteroatoms. The second-order valence-electron chi connectivity index (χ2n) is 6.39. The third kappa shape index (κ3) is 4.52. The predicted molar refractivity (Wildman–Crippen MR) is 67.2 cm³/mol. The first kappa shape index (κ1) is 13.0. The monoisotopic (exact) mass is 212 g/mol. The van der Waals surface area contributed by atoms with E-state index in [4.69, 9.17) is 0 Å². The summed E-state index contributed by atoms with van der Waals surface area (Å²) in [5, 5.41) is 3.61. The Hall–Kier alpha value is -0.0800. The molecule has 1 saturated heterocycles. The van der Waals surface area contributed by atoms with Gasteiger partial charge in [-0.3, -0.25) is 0 Å². The fourth-order valence-electron chi connectivity index (χ4n) is 2.28. The summed E-state index contributed by atoms with van der Waals surface area (Å²) in [4.78, 5) is 2.63. The molecule has 2 nitrogen and oxygen atoms in total. The van der Waals surface area contributed by atoms with E-state index in [9.17, 15) is 0 Å². The van der Waals surface area contributed by atoms with Crippen molar-refractivity contribution in [2.45, 2.75) is 53.0 Å². The van der Waals surface area contributed by atoms with Crippen molar-refractivity contribution in [2.75, 3.05) is 26.2 Å². The highest BCUT2D eigenvalue weighted by Gasteiger charge is 2.27. The Bertz CT molecular complexity index is 197. The van der Waals surface area contributed by atoms with Gasteiger partial charge in [-0.25, -0.2) is 0 Å². The molecular formula is C13H28N2. The number of nitrogens with zero attached hydrogens (tertiary/aromatic N) is 1. The van der Waals surface area contributed by atoms with Crippen molar-refractivity contribution in [3.8, 4) is 0 Å². The average Bonchev–Trinajstić information content (AvgIpc) is 2.25. The van der Waals surface area contributed by atoms with Crippen LogP contribution in [0.15, 0.2) is 0 Å². The lowest BCUT2D eigenvalue weighted by Gasteiger charge is -2.35. The number of hydrogen-bond donors (Lipinski definition) is 1. The van der Waals surface area contributed by atoms with Crippen LogP contribution < -0.4 is 5.32 Å². The van der Waals surface area contributed by atoms with E-state index < -0.39 is 0 Å². The van der Waals surface area contributed by atoms with Gasteiger partial charge in [0.1, 0.15) is 0 Å². The Balaban J connectivity index is 2.53. The largest absolute Gasteiger partial charge is 0.310 e. The minimum absolute atomic E-state index is 0.278. The Morgan fingerprint density at radius 3 is 2.60 bits per heavy atom. The van der Waals surface area contributed by atoms with Crippen LogP contribution in [-0.2, 0) is 0 Å². The predicted octanol–water partition coefficient (Wildman–Crippen LogP) is 2.50. The third-order valence-corrected chi connectivity index (χ3v) is 3.48. The second-order valence-corrected chi connectivity index (χ2v) is 6.39. The molecule has 90 valence electrons. The molecule has 0 aliphatic carbocycles. The average molecular weight is 212 g/mol. The van der Waals surface area contributed by atoms with Crippen LogP contribution in [0, 0.1) is 5.41 Å². The molecule has 0 radical (unpaired) electrons. The maximum Gasteiger partial charge on any atom is 0.0252 e. The molecule has 15 heavy (non-hydrogen) atoms. The standard InChI is InChI=1S/C13H28N2/c1-6-12(2,3)10-15-9-7-8-14-13(4,5)11-15/h14H,6-11H2,1-5H3. The van der Waals surface area contributed by atoms with Gasteiger partial charge in [0.2, 0.25) is 0 Å². The van der Waals surface area contributed by atoms with E-state index in [2.05, 4.69) is 44.8 Å². The molecular weight excluding hydrogens is 184 g/mol. The lowest BCUT2D eigenvalue weighted by Crippen LogP contribution is -2.48. The topological polar surface area (TPSA) is 15.3 Å². The minimum Gasteiger partial charge on any atom is -0.310 e. The van der Waals surface area contributed by atoms with Crippen LogP contribution >= 0.6 is 0 Å². The maximum atomic E-state index is 3.61. The molecule has 0 saturated carbocycles. The highest BCUT2D eigenvalue weighted by atomic mass is 15.2. The molecule has 1 aliphatic heterocycles. The van der Waals surface area contributed by atoms with Gasteiger partial charge in [0.25, 0.3) is 0 Å². The smallest absolute Gasteiger partial charge is 0.0252 e. The van der Waals surface area contributed by atoms with Crippen LogP contribution in [0.5, 0.6) is 0 Å². The summed E-state index contributed by atoms with van der Waals surface area (Å²) in [5.74, 6) is 0. The zero-order valence-corrected chi connectivity index (χ0v) is 11.2. The summed E-state index contributed by atoms with van der Waals surface area (Å²) in [6.07, 6.45) is 2.54. The highest BCUT2D eigenvalue weighted by molar-refractivity contribution is 4.86. The Kier molecular flexibility index (Phi) is 4.19. The molecule has 0 unspecified atom stereocenters. The summed E-state index contributed by atoms with van der Waals surface area (Å²) in [6, 6.07) is 0. The van der Waals surface area contributed by atoms with Gasteiger partial charge in [0.05, 0.1) is 0 Å². The fraction of sp³-hybridized carbons (Fsp3) is 1.00. The lowest BCUT2D eigenvalue weighted by molar-refractivity contribution is 0.154. The van der Waals surface area contributed by atoms with Crippen molar-refractivity contribution >= 4 is 0 Å². The van der Waals surface area contributed by atoms with Gasteiger partial charge < -0.3 is 10.2 Å². The minimum atomic E-state index is 0.278. The highest BCUT2D eigenvalue weighted by Crippen LogP contribution is 2.23. The SMILES string of the molecule is CCC(C)(C)CN1CCCNC(C)(C)C1. The number of nitrogens with one attached hydrogen (secondary N) is 1. The molecule has 0 amide bonds.